The highest BCUT2D eigenvalue weighted by molar-refractivity contribution is 7.99. The standard InChI is InChI=1S/C14H18N2OS2/c1-10-7-11(2)9-12(8-10)15-13(17)14(18)16-3-5-19-6-4-16/h7-9H,3-6H2,1-2H3,(H,15,17). The van der Waals surface area contributed by atoms with Gasteiger partial charge in [-0.15, -0.1) is 0 Å². The van der Waals surface area contributed by atoms with Crippen LogP contribution in [0.25, 0.3) is 0 Å². The molecule has 1 amide bonds. The van der Waals surface area contributed by atoms with Gasteiger partial charge >= 0.3 is 0 Å². The fourth-order valence-corrected chi connectivity index (χ4v) is 3.28. The van der Waals surface area contributed by atoms with Crippen molar-refractivity contribution in [3.05, 3.63) is 29.3 Å². The minimum absolute atomic E-state index is 0.174. The van der Waals surface area contributed by atoms with Gasteiger partial charge in [-0.2, -0.15) is 11.8 Å². The predicted octanol–water partition coefficient (Wildman–Crippen LogP) is 2.62. The molecule has 0 spiro atoms. The van der Waals surface area contributed by atoms with Gasteiger partial charge < -0.3 is 10.2 Å². The van der Waals surface area contributed by atoms with Gasteiger partial charge in [0.25, 0.3) is 5.91 Å². The number of carbonyl (C=O) groups is 1. The smallest absolute Gasteiger partial charge is 0.283 e. The molecule has 0 radical (unpaired) electrons. The number of hydrogen-bond donors (Lipinski definition) is 1. The van der Waals surface area contributed by atoms with Gasteiger partial charge in [-0.25, -0.2) is 0 Å². The molecule has 1 N–H and O–H groups in total. The monoisotopic (exact) mass is 294 g/mol. The van der Waals surface area contributed by atoms with Crippen LogP contribution >= 0.6 is 24.0 Å². The largest absolute Gasteiger partial charge is 0.357 e. The number of rotatable bonds is 1. The molecule has 5 heteroatoms. The maximum atomic E-state index is 12.1. The zero-order chi connectivity index (χ0) is 13.8. The minimum atomic E-state index is -0.174. The van der Waals surface area contributed by atoms with E-state index in [0.29, 0.717) is 4.99 Å². The first-order chi connectivity index (χ1) is 9.06. The molecule has 0 aromatic heterocycles. The molecule has 1 aromatic rings. The Balaban J connectivity index is 2.01. The Morgan fingerprint density at radius 3 is 2.37 bits per heavy atom. The van der Waals surface area contributed by atoms with Crippen LogP contribution in [0.4, 0.5) is 5.69 Å². The van der Waals surface area contributed by atoms with E-state index in [1.165, 1.54) is 0 Å². The highest BCUT2D eigenvalue weighted by atomic mass is 32.2. The van der Waals surface area contributed by atoms with E-state index in [2.05, 4.69) is 11.4 Å². The lowest BCUT2D eigenvalue weighted by molar-refractivity contribution is -0.110. The highest BCUT2D eigenvalue weighted by Gasteiger charge is 2.19. The van der Waals surface area contributed by atoms with E-state index < -0.39 is 0 Å². The maximum Gasteiger partial charge on any atom is 0.283 e. The van der Waals surface area contributed by atoms with Crippen molar-refractivity contribution < 1.29 is 4.79 Å². The molecule has 0 saturated carbocycles. The van der Waals surface area contributed by atoms with Gasteiger partial charge in [-0.05, 0) is 37.1 Å². The zero-order valence-corrected chi connectivity index (χ0v) is 12.9. The SMILES string of the molecule is Cc1cc(C)cc(NC(=O)C(=S)N2CCSCC2)c1. The van der Waals surface area contributed by atoms with Crippen LogP contribution in [0.3, 0.4) is 0 Å². The third-order valence-corrected chi connectivity index (χ3v) is 4.36. The Kier molecular flexibility index (Phi) is 4.82. The van der Waals surface area contributed by atoms with Crippen LogP contribution in [0.2, 0.25) is 0 Å². The molecule has 1 fully saturated rings. The number of aryl methyl sites for hydroxylation is 2. The number of nitrogens with one attached hydrogen (secondary N) is 1. The summed E-state index contributed by atoms with van der Waals surface area (Å²) in [4.78, 5) is 14.5. The van der Waals surface area contributed by atoms with E-state index in [9.17, 15) is 4.79 Å². The highest BCUT2D eigenvalue weighted by Crippen LogP contribution is 2.15. The lowest BCUT2D eigenvalue weighted by atomic mass is 10.1. The normalized spacial score (nSPS) is 15.2. The molecule has 2 rings (SSSR count). The molecule has 3 nitrogen and oxygen atoms in total. The van der Waals surface area contributed by atoms with E-state index >= 15 is 0 Å². The summed E-state index contributed by atoms with van der Waals surface area (Å²) in [6, 6.07) is 6.00. The van der Waals surface area contributed by atoms with Gasteiger partial charge in [0, 0.05) is 30.3 Å². The summed E-state index contributed by atoms with van der Waals surface area (Å²) in [5, 5.41) is 2.89. The van der Waals surface area contributed by atoms with E-state index in [1.807, 2.05) is 42.6 Å². The number of benzene rings is 1. The molecule has 0 atom stereocenters. The first-order valence-corrected chi connectivity index (χ1v) is 7.89. The van der Waals surface area contributed by atoms with Crippen LogP contribution in [0.5, 0.6) is 0 Å². The fourth-order valence-electron chi connectivity index (χ4n) is 2.14. The minimum Gasteiger partial charge on any atom is -0.357 e. The Labute approximate surface area is 123 Å². The average molecular weight is 294 g/mol. The summed E-state index contributed by atoms with van der Waals surface area (Å²) in [5.74, 6) is 1.90. The van der Waals surface area contributed by atoms with E-state index in [-0.39, 0.29) is 5.91 Å². The number of anilines is 1. The van der Waals surface area contributed by atoms with Crippen molar-refractivity contribution in [2.75, 3.05) is 29.9 Å². The van der Waals surface area contributed by atoms with Crippen LogP contribution in [-0.4, -0.2) is 40.4 Å². The third kappa shape index (κ3) is 3.94. The zero-order valence-electron chi connectivity index (χ0n) is 11.2. The molecule has 0 unspecified atom stereocenters. The molecule has 0 aliphatic carbocycles. The lowest BCUT2D eigenvalue weighted by Gasteiger charge is -2.27. The van der Waals surface area contributed by atoms with Crippen LogP contribution in [0.15, 0.2) is 18.2 Å². The number of thioether (sulfide) groups is 1. The van der Waals surface area contributed by atoms with Crippen molar-refractivity contribution in [1.82, 2.24) is 4.90 Å². The third-order valence-electron chi connectivity index (χ3n) is 2.97. The number of amides is 1. The summed E-state index contributed by atoms with van der Waals surface area (Å²) in [6.45, 7) is 5.76. The Hall–Kier alpha value is -1.07. The molecular weight excluding hydrogens is 276 g/mol. The van der Waals surface area contributed by atoms with Crippen LogP contribution < -0.4 is 5.32 Å². The van der Waals surface area contributed by atoms with Gasteiger partial charge in [-0.3, -0.25) is 4.79 Å². The van der Waals surface area contributed by atoms with Crippen molar-refractivity contribution in [2.45, 2.75) is 13.8 Å². The van der Waals surface area contributed by atoms with Gasteiger partial charge in [-0.1, -0.05) is 18.3 Å². The molecular formula is C14H18N2OS2. The first kappa shape index (κ1) is 14.3. The van der Waals surface area contributed by atoms with E-state index in [1.54, 1.807) is 0 Å². The van der Waals surface area contributed by atoms with Crippen LogP contribution in [0, 0.1) is 13.8 Å². The number of nitrogens with zero attached hydrogens (tertiary/aromatic N) is 1. The first-order valence-electron chi connectivity index (χ1n) is 6.32. The van der Waals surface area contributed by atoms with Gasteiger partial charge in [0.05, 0.1) is 0 Å². The van der Waals surface area contributed by atoms with Crippen molar-refractivity contribution in [1.29, 1.82) is 0 Å². The van der Waals surface area contributed by atoms with Crippen LogP contribution in [-0.2, 0) is 4.79 Å². The number of thiocarbonyl (C=S) groups is 1. The molecule has 1 aliphatic heterocycles. The van der Waals surface area contributed by atoms with E-state index in [4.69, 9.17) is 12.2 Å². The van der Waals surface area contributed by atoms with E-state index in [0.717, 1.165) is 41.4 Å². The predicted molar refractivity (Wildman–Crippen MR) is 86.0 cm³/mol. The summed E-state index contributed by atoms with van der Waals surface area (Å²) < 4.78 is 0. The van der Waals surface area contributed by atoms with Gasteiger partial charge in [0.1, 0.15) is 0 Å². The second-order valence-corrected chi connectivity index (χ2v) is 6.35. The maximum absolute atomic E-state index is 12.1. The lowest BCUT2D eigenvalue weighted by Crippen LogP contribution is -2.42. The summed E-state index contributed by atoms with van der Waals surface area (Å²) in [7, 11) is 0. The van der Waals surface area contributed by atoms with Crippen molar-refractivity contribution in [3.8, 4) is 0 Å². The average Bonchev–Trinajstić information content (AvgIpc) is 2.37. The number of hydrogen-bond acceptors (Lipinski definition) is 3. The molecule has 102 valence electrons. The molecule has 1 heterocycles. The quantitative estimate of drug-likeness (QED) is 0.807. The Morgan fingerprint density at radius 2 is 1.79 bits per heavy atom. The topological polar surface area (TPSA) is 32.3 Å². The fraction of sp³-hybridized carbons (Fsp3) is 0.429. The number of carbonyl (C=O) groups excluding carboxylic acids is 1. The van der Waals surface area contributed by atoms with Crippen molar-refractivity contribution in [3.63, 3.8) is 0 Å². The molecule has 19 heavy (non-hydrogen) atoms. The van der Waals surface area contributed by atoms with Gasteiger partial charge in [0.2, 0.25) is 0 Å². The summed E-state index contributed by atoms with van der Waals surface area (Å²) >= 11 is 7.17. The molecule has 1 aliphatic rings. The molecule has 0 bridgehead atoms. The Morgan fingerprint density at radius 1 is 1.21 bits per heavy atom. The second-order valence-electron chi connectivity index (χ2n) is 4.74. The summed E-state index contributed by atoms with van der Waals surface area (Å²) in [5.41, 5.74) is 3.09. The summed E-state index contributed by atoms with van der Waals surface area (Å²) in [6.07, 6.45) is 0. The molecule has 1 aromatic carbocycles. The van der Waals surface area contributed by atoms with Gasteiger partial charge in [0.15, 0.2) is 4.99 Å². The van der Waals surface area contributed by atoms with Crippen molar-refractivity contribution >= 4 is 40.6 Å². The van der Waals surface area contributed by atoms with Crippen molar-refractivity contribution in [2.24, 2.45) is 0 Å². The molecule has 1 saturated heterocycles. The Bertz CT molecular complexity index is 476. The second kappa shape index (κ2) is 6.39. The van der Waals surface area contributed by atoms with Crippen LogP contribution in [0.1, 0.15) is 11.1 Å².